The summed E-state index contributed by atoms with van der Waals surface area (Å²) in [6.45, 7) is 1.80. The van der Waals surface area contributed by atoms with Gasteiger partial charge in [0.2, 0.25) is 11.9 Å². The number of nitrogens with one attached hydrogen (secondary N) is 3. The van der Waals surface area contributed by atoms with Crippen LogP contribution in [0.1, 0.15) is 12.0 Å². The lowest BCUT2D eigenvalue weighted by atomic mass is 10.1. The molecule has 8 nitrogen and oxygen atoms in total. The Morgan fingerprint density at radius 2 is 1.88 bits per heavy atom. The SMILES string of the molecule is CN(C)CCCNc1nc(Nc2cccc(NC(=O)C(N)Cc3ccccc3)c2)ncc1Br. The molecule has 0 bridgehead atoms. The summed E-state index contributed by atoms with van der Waals surface area (Å²) < 4.78 is 0.798. The number of rotatable bonds is 11. The average Bonchev–Trinajstić information content (AvgIpc) is 2.79. The molecule has 2 aromatic carbocycles. The smallest absolute Gasteiger partial charge is 0.241 e. The van der Waals surface area contributed by atoms with Gasteiger partial charge in [-0.15, -0.1) is 0 Å². The van der Waals surface area contributed by atoms with Crippen LogP contribution < -0.4 is 21.7 Å². The van der Waals surface area contributed by atoms with Crippen LogP contribution in [0.15, 0.2) is 65.3 Å². The van der Waals surface area contributed by atoms with E-state index < -0.39 is 6.04 Å². The molecule has 0 saturated carbocycles. The highest BCUT2D eigenvalue weighted by Crippen LogP contribution is 2.23. The van der Waals surface area contributed by atoms with Gasteiger partial charge in [-0.05, 0) is 73.2 Å². The van der Waals surface area contributed by atoms with Crippen molar-refractivity contribution >= 4 is 45.0 Å². The van der Waals surface area contributed by atoms with Crippen LogP contribution in [0, 0.1) is 0 Å². The standard InChI is InChI=1S/C24H30BrN7O/c1-32(2)13-7-12-27-22-20(25)16-28-24(31-22)30-19-11-6-10-18(15-19)29-23(33)21(26)14-17-8-4-3-5-9-17/h3-6,8-11,15-16,21H,7,12-14,26H2,1-2H3,(H,29,33)(H2,27,28,30,31). The molecule has 0 aliphatic rings. The van der Waals surface area contributed by atoms with Gasteiger partial charge in [-0.3, -0.25) is 4.79 Å². The number of amides is 1. The molecule has 1 unspecified atom stereocenters. The van der Waals surface area contributed by atoms with Crippen LogP contribution in [-0.2, 0) is 11.2 Å². The molecule has 3 aromatic rings. The van der Waals surface area contributed by atoms with E-state index in [1.54, 1.807) is 6.20 Å². The Balaban J connectivity index is 1.59. The average molecular weight is 512 g/mol. The van der Waals surface area contributed by atoms with Crippen LogP contribution in [-0.4, -0.2) is 54.0 Å². The van der Waals surface area contributed by atoms with Crippen molar-refractivity contribution in [1.29, 1.82) is 0 Å². The fraction of sp³-hybridized carbons (Fsp3) is 0.292. The predicted molar refractivity (Wildman–Crippen MR) is 138 cm³/mol. The Bertz CT molecular complexity index is 1050. The zero-order valence-corrected chi connectivity index (χ0v) is 20.5. The van der Waals surface area contributed by atoms with E-state index >= 15 is 0 Å². The molecule has 5 N–H and O–H groups in total. The van der Waals surface area contributed by atoms with E-state index in [1.807, 2.05) is 54.6 Å². The van der Waals surface area contributed by atoms with Crippen LogP contribution in [0.25, 0.3) is 0 Å². The maximum atomic E-state index is 12.5. The molecule has 3 rings (SSSR count). The molecule has 0 aliphatic carbocycles. The van der Waals surface area contributed by atoms with Crippen molar-refractivity contribution in [3.63, 3.8) is 0 Å². The fourth-order valence-electron chi connectivity index (χ4n) is 3.15. The van der Waals surface area contributed by atoms with Gasteiger partial charge in [0.25, 0.3) is 0 Å². The number of nitrogens with two attached hydrogens (primary N) is 1. The van der Waals surface area contributed by atoms with Gasteiger partial charge < -0.3 is 26.6 Å². The number of carbonyl (C=O) groups excluding carboxylic acids is 1. The van der Waals surface area contributed by atoms with Crippen LogP contribution in [0.5, 0.6) is 0 Å². The third-order valence-electron chi connectivity index (χ3n) is 4.84. The molecule has 0 fully saturated rings. The molecular formula is C24H30BrN7O. The van der Waals surface area contributed by atoms with Crippen molar-refractivity contribution in [3.05, 3.63) is 70.8 Å². The number of halogens is 1. The van der Waals surface area contributed by atoms with Gasteiger partial charge in [0.05, 0.1) is 10.5 Å². The van der Waals surface area contributed by atoms with Crippen LogP contribution in [0.4, 0.5) is 23.1 Å². The summed E-state index contributed by atoms with van der Waals surface area (Å²) in [6.07, 6.45) is 3.18. The summed E-state index contributed by atoms with van der Waals surface area (Å²) >= 11 is 3.49. The fourth-order valence-corrected chi connectivity index (χ4v) is 3.48. The third-order valence-corrected chi connectivity index (χ3v) is 5.42. The van der Waals surface area contributed by atoms with Crippen molar-refractivity contribution < 1.29 is 4.79 Å². The zero-order chi connectivity index (χ0) is 23.6. The molecule has 0 spiro atoms. The number of hydrogen-bond acceptors (Lipinski definition) is 7. The van der Waals surface area contributed by atoms with Crippen LogP contribution in [0.3, 0.4) is 0 Å². The normalized spacial score (nSPS) is 11.8. The van der Waals surface area contributed by atoms with E-state index in [0.717, 1.165) is 41.1 Å². The van der Waals surface area contributed by atoms with E-state index in [-0.39, 0.29) is 5.91 Å². The number of anilines is 4. The van der Waals surface area contributed by atoms with Gasteiger partial charge in [-0.25, -0.2) is 4.98 Å². The quantitative estimate of drug-likeness (QED) is 0.289. The van der Waals surface area contributed by atoms with Crippen molar-refractivity contribution in [2.24, 2.45) is 5.73 Å². The van der Waals surface area contributed by atoms with Gasteiger partial charge >= 0.3 is 0 Å². The van der Waals surface area contributed by atoms with Crippen molar-refractivity contribution in [3.8, 4) is 0 Å². The number of aromatic nitrogens is 2. The highest BCUT2D eigenvalue weighted by Gasteiger charge is 2.14. The summed E-state index contributed by atoms with van der Waals surface area (Å²) in [7, 11) is 4.10. The van der Waals surface area contributed by atoms with Crippen molar-refractivity contribution in [1.82, 2.24) is 14.9 Å². The highest BCUT2D eigenvalue weighted by atomic mass is 79.9. The highest BCUT2D eigenvalue weighted by molar-refractivity contribution is 9.10. The van der Waals surface area contributed by atoms with Crippen LogP contribution in [0.2, 0.25) is 0 Å². The second-order valence-corrected chi connectivity index (χ2v) is 8.82. The lowest BCUT2D eigenvalue weighted by Crippen LogP contribution is -2.37. The van der Waals surface area contributed by atoms with Gasteiger partial charge in [0, 0.05) is 24.1 Å². The van der Waals surface area contributed by atoms with Gasteiger partial charge in [-0.2, -0.15) is 4.98 Å². The lowest BCUT2D eigenvalue weighted by Gasteiger charge is -2.14. The Kier molecular flexibility index (Phi) is 9.17. The summed E-state index contributed by atoms with van der Waals surface area (Å²) in [5.74, 6) is 0.945. The molecule has 1 aromatic heterocycles. The Hall–Kier alpha value is -3.01. The molecule has 0 radical (unpaired) electrons. The first kappa shape index (κ1) is 24.6. The van der Waals surface area contributed by atoms with Crippen molar-refractivity contribution in [2.75, 3.05) is 43.1 Å². The first-order valence-electron chi connectivity index (χ1n) is 10.8. The first-order chi connectivity index (χ1) is 15.9. The van der Waals surface area contributed by atoms with E-state index in [4.69, 9.17) is 5.73 Å². The topological polar surface area (TPSA) is 108 Å². The van der Waals surface area contributed by atoms with Crippen molar-refractivity contribution in [2.45, 2.75) is 18.9 Å². The van der Waals surface area contributed by atoms with Gasteiger partial charge in [-0.1, -0.05) is 36.4 Å². The molecule has 0 aliphatic heterocycles. The monoisotopic (exact) mass is 511 g/mol. The third kappa shape index (κ3) is 8.12. The maximum absolute atomic E-state index is 12.5. The molecular weight excluding hydrogens is 482 g/mol. The summed E-state index contributed by atoms with van der Waals surface area (Å²) in [4.78, 5) is 23.6. The Morgan fingerprint density at radius 1 is 1.12 bits per heavy atom. The summed E-state index contributed by atoms with van der Waals surface area (Å²) in [5, 5.41) is 9.40. The second-order valence-electron chi connectivity index (χ2n) is 7.97. The molecule has 33 heavy (non-hydrogen) atoms. The van der Waals surface area contributed by atoms with E-state index in [0.29, 0.717) is 18.1 Å². The number of nitrogens with zero attached hydrogens (tertiary/aromatic N) is 3. The molecule has 174 valence electrons. The number of benzene rings is 2. The minimum Gasteiger partial charge on any atom is -0.369 e. The number of hydrogen-bond donors (Lipinski definition) is 4. The number of carbonyl (C=O) groups is 1. The minimum atomic E-state index is -0.639. The minimum absolute atomic E-state index is 0.236. The van der Waals surface area contributed by atoms with Crippen LogP contribution >= 0.6 is 15.9 Å². The molecule has 0 saturated heterocycles. The zero-order valence-electron chi connectivity index (χ0n) is 18.9. The Labute approximate surface area is 203 Å². The van der Waals surface area contributed by atoms with E-state index in [2.05, 4.69) is 60.8 Å². The molecule has 1 atom stereocenters. The Morgan fingerprint density at radius 3 is 2.64 bits per heavy atom. The predicted octanol–water partition coefficient (Wildman–Crippen LogP) is 3.85. The first-order valence-corrected chi connectivity index (χ1v) is 11.6. The van der Waals surface area contributed by atoms with Gasteiger partial charge in [0.1, 0.15) is 5.82 Å². The summed E-state index contributed by atoms with van der Waals surface area (Å²) in [5.41, 5.74) is 8.52. The summed E-state index contributed by atoms with van der Waals surface area (Å²) in [6, 6.07) is 16.5. The molecule has 9 heteroatoms. The maximum Gasteiger partial charge on any atom is 0.241 e. The van der Waals surface area contributed by atoms with E-state index in [9.17, 15) is 4.79 Å². The lowest BCUT2D eigenvalue weighted by molar-refractivity contribution is -0.117. The van der Waals surface area contributed by atoms with E-state index in [1.165, 1.54) is 0 Å². The largest absolute Gasteiger partial charge is 0.369 e. The molecule has 1 amide bonds. The second kappa shape index (κ2) is 12.3. The molecule has 1 heterocycles. The van der Waals surface area contributed by atoms with Gasteiger partial charge in [0.15, 0.2) is 0 Å².